The number of aliphatic imine (C=N–C) groups is 1. The lowest BCUT2D eigenvalue weighted by Gasteiger charge is -2.34. The number of ether oxygens (including phenoxy) is 1. The maximum atomic E-state index is 13.0. The number of rotatable bonds is 7. The van der Waals surface area contributed by atoms with Crippen LogP contribution in [-0.4, -0.2) is 48.4 Å². The fourth-order valence-electron chi connectivity index (χ4n) is 3.77. The fraction of sp³-hybridized carbons (Fsp3) is 0.292. The molecule has 0 aliphatic carbocycles. The third kappa shape index (κ3) is 7.22. The topological polar surface area (TPSA) is 97.0 Å². The summed E-state index contributed by atoms with van der Waals surface area (Å²) in [5.74, 6) is -1.05. The van der Waals surface area contributed by atoms with E-state index in [1.165, 1.54) is 59.8 Å². The maximum absolute atomic E-state index is 13.0. The van der Waals surface area contributed by atoms with Crippen molar-refractivity contribution in [3.63, 3.8) is 0 Å². The predicted octanol–water partition coefficient (Wildman–Crippen LogP) is 4.77. The zero-order chi connectivity index (χ0) is 25.4. The molecule has 7 nitrogen and oxygen atoms in total. The van der Waals surface area contributed by atoms with Gasteiger partial charge in [-0.2, -0.15) is 0 Å². The van der Waals surface area contributed by atoms with Crippen LogP contribution in [0.4, 0.5) is 18.9 Å². The molecule has 0 unspecified atom stereocenters. The zero-order valence-electron chi connectivity index (χ0n) is 18.6. The number of nitrogens with two attached hydrogens (primary N) is 1. The number of hydrogen-bond acceptors (Lipinski definition) is 5. The highest BCUT2D eigenvalue weighted by Crippen LogP contribution is 2.38. The van der Waals surface area contributed by atoms with E-state index in [9.17, 15) is 22.8 Å². The number of amides is 2. The lowest BCUT2D eigenvalue weighted by molar-refractivity contribution is -0.274. The second kappa shape index (κ2) is 11.7. The average Bonchev–Trinajstić information content (AvgIpc) is 2.81. The molecule has 186 valence electrons. The van der Waals surface area contributed by atoms with Crippen molar-refractivity contribution in [2.45, 2.75) is 31.7 Å². The van der Waals surface area contributed by atoms with Crippen LogP contribution in [0, 0.1) is 0 Å². The summed E-state index contributed by atoms with van der Waals surface area (Å²) in [4.78, 5) is 31.0. The third-order valence-electron chi connectivity index (χ3n) is 5.29. The summed E-state index contributed by atoms with van der Waals surface area (Å²) in [6, 6.07) is 9.44. The minimum Gasteiger partial charge on any atom is -0.405 e. The molecule has 1 saturated heterocycles. The Labute approximate surface area is 205 Å². The quantitative estimate of drug-likeness (QED) is 0.526. The molecular formula is C24H24ClF3N4O3. The van der Waals surface area contributed by atoms with Gasteiger partial charge in [0.25, 0.3) is 0 Å². The van der Waals surface area contributed by atoms with E-state index in [1.54, 1.807) is 6.07 Å². The summed E-state index contributed by atoms with van der Waals surface area (Å²) in [6.45, 7) is 0.336. The van der Waals surface area contributed by atoms with E-state index in [0.29, 0.717) is 24.2 Å². The van der Waals surface area contributed by atoms with Gasteiger partial charge < -0.3 is 20.7 Å². The summed E-state index contributed by atoms with van der Waals surface area (Å²) < 4.78 is 42.4. The number of carbonyl (C=O) groups is 2. The summed E-state index contributed by atoms with van der Waals surface area (Å²) in [5.41, 5.74) is 6.04. The summed E-state index contributed by atoms with van der Waals surface area (Å²) in [5, 5.41) is 2.88. The smallest absolute Gasteiger partial charge is 0.405 e. The first-order valence-corrected chi connectivity index (χ1v) is 11.2. The van der Waals surface area contributed by atoms with Crippen molar-refractivity contribution in [2.24, 2.45) is 10.7 Å². The largest absolute Gasteiger partial charge is 0.573 e. The lowest BCUT2D eigenvalue weighted by atomic mass is 10.0. The van der Waals surface area contributed by atoms with Gasteiger partial charge in [-0.1, -0.05) is 35.9 Å². The minimum atomic E-state index is -4.85. The van der Waals surface area contributed by atoms with Crippen molar-refractivity contribution >= 4 is 35.3 Å². The summed E-state index contributed by atoms with van der Waals surface area (Å²) in [7, 11) is 0. The van der Waals surface area contributed by atoms with Gasteiger partial charge in [0.1, 0.15) is 18.3 Å². The molecule has 2 amide bonds. The van der Waals surface area contributed by atoms with Gasteiger partial charge in [0.05, 0.1) is 5.02 Å². The van der Waals surface area contributed by atoms with E-state index in [2.05, 4.69) is 15.0 Å². The zero-order valence-corrected chi connectivity index (χ0v) is 19.4. The molecule has 2 aromatic rings. The van der Waals surface area contributed by atoms with Crippen molar-refractivity contribution in [3.05, 3.63) is 59.8 Å². The Morgan fingerprint density at radius 1 is 1.20 bits per heavy atom. The normalized spacial score (nSPS) is 16.6. The highest BCUT2D eigenvalue weighted by atomic mass is 35.5. The van der Waals surface area contributed by atoms with Crippen LogP contribution in [0.3, 0.4) is 0 Å². The Kier molecular flexibility index (Phi) is 8.75. The van der Waals surface area contributed by atoms with E-state index in [-0.39, 0.29) is 34.7 Å². The standard InChI is InChI=1S/C24H24ClF3N4O3/c25-19-14-16(9-10-17(19)18-6-1-2-8-21(18)35-24(26,27)28)31-23(34)20-7-3-4-13-32(20)22(33)15-30-12-5-11-29/h1-2,5-6,8-12,14,20H,3-4,7,13,15,29H2,(H,31,34)/t20-/m1/s1. The Morgan fingerprint density at radius 3 is 2.69 bits per heavy atom. The predicted molar refractivity (Wildman–Crippen MR) is 128 cm³/mol. The molecule has 1 atom stereocenters. The molecule has 11 heteroatoms. The fourth-order valence-corrected chi connectivity index (χ4v) is 4.06. The van der Waals surface area contributed by atoms with Gasteiger partial charge in [-0.25, -0.2) is 0 Å². The van der Waals surface area contributed by atoms with Crippen LogP contribution in [0.25, 0.3) is 11.1 Å². The third-order valence-corrected chi connectivity index (χ3v) is 5.61. The molecule has 1 aliphatic heterocycles. The molecule has 1 heterocycles. The Bertz CT molecular complexity index is 1120. The van der Waals surface area contributed by atoms with Crippen molar-refractivity contribution in [3.8, 4) is 16.9 Å². The number of nitrogens with one attached hydrogen (secondary N) is 1. The number of benzene rings is 2. The highest BCUT2D eigenvalue weighted by Gasteiger charge is 2.33. The van der Waals surface area contributed by atoms with E-state index >= 15 is 0 Å². The van der Waals surface area contributed by atoms with E-state index in [1.807, 2.05) is 0 Å². The van der Waals surface area contributed by atoms with Crippen LogP contribution in [0.1, 0.15) is 19.3 Å². The van der Waals surface area contributed by atoms with Gasteiger partial charge in [0.2, 0.25) is 11.8 Å². The highest BCUT2D eigenvalue weighted by molar-refractivity contribution is 6.33. The molecule has 1 fully saturated rings. The molecule has 0 saturated carbocycles. The molecule has 35 heavy (non-hydrogen) atoms. The molecule has 0 spiro atoms. The van der Waals surface area contributed by atoms with Crippen molar-refractivity contribution in [1.29, 1.82) is 0 Å². The molecule has 0 aromatic heterocycles. The Hall–Kier alpha value is -3.53. The SMILES string of the molecule is NC=CC=NCC(=O)N1CCCC[C@@H]1C(=O)Nc1ccc(-c2ccccc2OC(F)(F)F)c(Cl)c1. The number of alkyl halides is 3. The van der Waals surface area contributed by atoms with E-state index in [4.69, 9.17) is 17.3 Å². The number of likely N-dealkylation sites (tertiary alicyclic amines) is 1. The van der Waals surface area contributed by atoms with Crippen LogP contribution in [0.5, 0.6) is 5.75 Å². The first-order valence-electron chi connectivity index (χ1n) is 10.8. The van der Waals surface area contributed by atoms with Crippen molar-refractivity contribution < 1.29 is 27.5 Å². The van der Waals surface area contributed by atoms with Crippen LogP contribution in [-0.2, 0) is 9.59 Å². The first kappa shape index (κ1) is 26.1. The van der Waals surface area contributed by atoms with Crippen LogP contribution >= 0.6 is 11.6 Å². The number of piperidine rings is 1. The molecule has 1 aliphatic rings. The monoisotopic (exact) mass is 508 g/mol. The first-order chi connectivity index (χ1) is 16.7. The molecular weight excluding hydrogens is 485 g/mol. The van der Waals surface area contributed by atoms with Crippen molar-refractivity contribution in [1.82, 2.24) is 4.90 Å². The van der Waals surface area contributed by atoms with Crippen LogP contribution in [0.15, 0.2) is 59.7 Å². The van der Waals surface area contributed by atoms with E-state index in [0.717, 1.165) is 12.8 Å². The average molecular weight is 509 g/mol. The van der Waals surface area contributed by atoms with Crippen LogP contribution in [0.2, 0.25) is 5.02 Å². The van der Waals surface area contributed by atoms with Gasteiger partial charge >= 0.3 is 6.36 Å². The number of allylic oxidation sites excluding steroid dienone is 1. The van der Waals surface area contributed by atoms with Gasteiger partial charge in [-0.15, -0.1) is 13.2 Å². The summed E-state index contributed by atoms with van der Waals surface area (Å²) >= 11 is 6.36. The number of nitrogens with zero attached hydrogens (tertiary/aromatic N) is 2. The van der Waals surface area contributed by atoms with E-state index < -0.39 is 12.4 Å². The maximum Gasteiger partial charge on any atom is 0.573 e. The second-order valence-electron chi connectivity index (χ2n) is 7.70. The molecule has 0 bridgehead atoms. The molecule has 3 rings (SSSR count). The molecule has 2 aromatic carbocycles. The summed E-state index contributed by atoms with van der Waals surface area (Å²) in [6.07, 6.45) is 1.42. The molecule has 0 radical (unpaired) electrons. The second-order valence-corrected chi connectivity index (χ2v) is 8.11. The lowest BCUT2D eigenvalue weighted by Crippen LogP contribution is -2.50. The number of anilines is 1. The van der Waals surface area contributed by atoms with Crippen molar-refractivity contribution in [2.75, 3.05) is 18.4 Å². The Balaban J connectivity index is 1.75. The number of hydrogen-bond donors (Lipinski definition) is 2. The van der Waals surface area contributed by atoms with Gasteiger partial charge in [0.15, 0.2) is 0 Å². The number of halogens is 4. The van der Waals surface area contributed by atoms with Gasteiger partial charge in [-0.3, -0.25) is 14.6 Å². The number of carbonyl (C=O) groups excluding carboxylic acids is 2. The Morgan fingerprint density at radius 2 is 1.97 bits per heavy atom. The molecule has 3 N–H and O–H groups in total. The number of para-hydroxylation sites is 1. The van der Waals surface area contributed by atoms with Gasteiger partial charge in [0, 0.05) is 29.6 Å². The minimum absolute atomic E-state index is 0.103. The van der Waals surface area contributed by atoms with Gasteiger partial charge in [-0.05, 0) is 49.7 Å². The van der Waals surface area contributed by atoms with Crippen LogP contribution < -0.4 is 15.8 Å².